The Balaban J connectivity index is 0.000000134. The molecule has 0 amide bonds. The smallest absolute Gasteiger partial charge is 0.0547 e. The van der Waals surface area contributed by atoms with Gasteiger partial charge in [-0.15, -0.1) is 0 Å². The van der Waals surface area contributed by atoms with E-state index in [1.807, 2.05) is 0 Å². The Labute approximate surface area is 772 Å². The van der Waals surface area contributed by atoms with E-state index in [0.29, 0.717) is 0 Å². The Morgan fingerprint density at radius 1 is 0.104 bits per heavy atom. The zero-order valence-corrected chi connectivity index (χ0v) is 73.1. The molecule has 0 radical (unpaired) electrons. The van der Waals surface area contributed by atoms with Crippen LogP contribution in [0.5, 0.6) is 0 Å². The fourth-order valence-corrected chi connectivity index (χ4v) is 23.1. The fourth-order valence-electron chi connectivity index (χ4n) is 23.1. The summed E-state index contributed by atoms with van der Waals surface area (Å²) in [4.78, 5) is 0. The molecular weight excluding hydrogens is 1610 g/mol. The second-order valence-electron chi connectivity index (χ2n) is 36.4. The minimum Gasteiger partial charge on any atom is -0.309 e. The second kappa shape index (κ2) is 30.0. The predicted octanol–water partition coefficient (Wildman–Crippen LogP) is 36.9. The molecule has 2 heteroatoms. The molecule has 0 aliphatic heterocycles. The number of aromatic nitrogens is 2. The molecule has 2 aromatic heterocycles. The summed E-state index contributed by atoms with van der Waals surface area (Å²) in [7, 11) is 0. The molecule has 0 saturated heterocycles. The summed E-state index contributed by atoms with van der Waals surface area (Å²) in [6, 6.07) is 181. The van der Waals surface area contributed by atoms with Crippen molar-refractivity contribution in [1.29, 1.82) is 0 Å². The number of rotatable bonds is 8. The Morgan fingerprint density at radius 3 is 0.739 bits per heavy atom. The van der Waals surface area contributed by atoms with E-state index in [1.165, 1.54) is 278 Å². The van der Waals surface area contributed by atoms with Crippen molar-refractivity contribution in [3.63, 3.8) is 0 Å². The first kappa shape index (κ1) is 75.4. The van der Waals surface area contributed by atoms with Gasteiger partial charge < -0.3 is 9.13 Å². The molecule has 2 nitrogen and oxygen atoms in total. The van der Waals surface area contributed by atoms with Crippen molar-refractivity contribution in [2.45, 2.75) is 0 Å². The van der Waals surface area contributed by atoms with Crippen molar-refractivity contribution in [3.05, 3.63) is 485 Å². The van der Waals surface area contributed by atoms with Gasteiger partial charge in [-0.05, 0) is 338 Å². The molecule has 29 aromatic rings. The molecule has 0 saturated carbocycles. The Hall–Kier alpha value is -17.6. The molecule has 0 unspecified atom stereocenters. The van der Waals surface area contributed by atoms with E-state index < -0.39 is 0 Å². The molecule has 27 aromatic carbocycles. The zero-order chi connectivity index (χ0) is 87.7. The third-order valence-electron chi connectivity index (χ3n) is 29.1. The average molecular weight is 1690 g/mol. The minimum absolute atomic E-state index is 1.16. The van der Waals surface area contributed by atoms with Gasteiger partial charge in [0.2, 0.25) is 0 Å². The van der Waals surface area contributed by atoms with Gasteiger partial charge in [-0.3, -0.25) is 0 Å². The highest BCUT2D eigenvalue weighted by Crippen LogP contribution is 2.52. The van der Waals surface area contributed by atoms with E-state index in [4.69, 9.17) is 0 Å². The monoisotopic (exact) mass is 1690 g/mol. The SMILES string of the molecule is c1ccc(-c2c3ccccc3c(-c3ccc4cc5cc(-n6c7ccc8ccccc8c7c7c8ccccc8ccc76)ccc5cc4c3)c3ccc(-c4c5ccccc5cc5ccccc45)cc23)cc1.c1ccc(-c2c3ccccc3c(-c3ccc4cc5cc(-n6c7ccc8ccccc8c7c7c8ccccc8ccc76)ccc5cc4c3)c3ccc(-c4ccc5ccccc5c4)cc23)cc1. The molecule has 618 valence electrons. The van der Waals surface area contributed by atoms with Crippen molar-refractivity contribution in [2.24, 2.45) is 0 Å². The number of benzene rings is 27. The van der Waals surface area contributed by atoms with Crippen LogP contribution in [0.1, 0.15) is 0 Å². The van der Waals surface area contributed by atoms with Gasteiger partial charge in [0.25, 0.3) is 0 Å². The van der Waals surface area contributed by atoms with Crippen LogP contribution >= 0.6 is 0 Å². The molecule has 0 fully saturated rings. The van der Waals surface area contributed by atoms with E-state index in [9.17, 15) is 0 Å². The van der Waals surface area contributed by atoms with Gasteiger partial charge in [0.1, 0.15) is 0 Å². The van der Waals surface area contributed by atoms with Crippen LogP contribution in [-0.2, 0) is 0 Å². The summed E-state index contributed by atoms with van der Waals surface area (Å²) in [5, 5.41) is 42.8. The topological polar surface area (TPSA) is 9.86 Å². The van der Waals surface area contributed by atoms with Gasteiger partial charge in [-0.1, -0.05) is 376 Å². The maximum atomic E-state index is 2.47. The standard InChI is InChI=1S/C68H41N.C64H39N/c1-2-16-44(17-3-1)64-58-24-12-13-25-59(58)66(60-33-29-50(41-61(60)64)65-56-22-10-6-18-47(56)38-48-19-7-11-23-57(48)65)49-27-26-45-37-52-40-53(32-28-46(52)36-51(45)39-49)69-62-34-30-42-14-4-8-20-54(42)67(62)68-55-21-9-5-15-43(55)31-35-63(68)69;1-2-15-43(16-3-1)61-55-20-10-11-21-56(55)62(57-31-27-48(39-58(57)61)45-23-22-40-12-4-5-17-44(40)34-45)49-25-24-46-36-51-38-52(30-26-47(51)35-50(46)37-49)65-59-32-28-41-13-6-8-18-53(41)63(59)64-54-19-9-7-14-42(54)29-33-60(64)65/h1-41H;1-39H. The lowest BCUT2D eigenvalue weighted by Gasteiger charge is -2.20. The van der Waals surface area contributed by atoms with Gasteiger partial charge in [-0.25, -0.2) is 0 Å². The van der Waals surface area contributed by atoms with E-state index in [1.54, 1.807) is 0 Å². The predicted molar refractivity (Wildman–Crippen MR) is 577 cm³/mol. The number of hydrogen-bond donors (Lipinski definition) is 0. The summed E-state index contributed by atoms with van der Waals surface area (Å²) in [5.74, 6) is 0. The van der Waals surface area contributed by atoms with Gasteiger partial charge in [0.05, 0.1) is 22.1 Å². The number of fused-ring (bicyclic) bond motifs is 25. The van der Waals surface area contributed by atoms with Crippen LogP contribution in [-0.4, -0.2) is 9.13 Å². The van der Waals surface area contributed by atoms with E-state index in [2.05, 4.69) is 494 Å². The van der Waals surface area contributed by atoms with Gasteiger partial charge in [-0.2, -0.15) is 0 Å². The van der Waals surface area contributed by atoms with Crippen LogP contribution in [0.2, 0.25) is 0 Å². The molecule has 0 spiro atoms. The molecule has 0 aliphatic carbocycles. The summed E-state index contributed by atoms with van der Waals surface area (Å²) < 4.78 is 4.94. The maximum Gasteiger partial charge on any atom is 0.0547 e. The lowest BCUT2D eigenvalue weighted by molar-refractivity contribution is 1.19. The highest BCUT2D eigenvalue weighted by atomic mass is 15.0. The average Bonchev–Trinajstić information content (AvgIpc) is 1.61. The molecule has 134 heavy (non-hydrogen) atoms. The lowest BCUT2D eigenvalue weighted by Crippen LogP contribution is -1.94. The zero-order valence-electron chi connectivity index (χ0n) is 73.1. The highest BCUT2D eigenvalue weighted by molar-refractivity contribution is 6.32. The van der Waals surface area contributed by atoms with Crippen LogP contribution in [0.25, 0.3) is 283 Å². The molecule has 2 heterocycles. The first-order valence-corrected chi connectivity index (χ1v) is 46.6. The Bertz CT molecular complexity index is 9850. The van der Waals surface area contributed by atoms with Crippen LogP contribution in [0.15, 0.2) is 485 Å². The quantitative estimate of drug-likeness (QED) is 0.134. The summed E-state index contributed by atoms with van der Waals surface area (Å²) in [5.41, 5.74) is 22.1. The van der Waals surface area contributed by atoms with Crippen molar-refractivity contribution in [1.82, 2.24) is 9.13 Å². The summed E-state index contributed by atoms with van der Waals surface area (Å²) in [6.07, 6.45) is 0. The number of hydrogen-bond acceptors (Lipinski definition) is 0. The van der Waals surface area contributed by atoms with Gasteiger partial charge in [0, 0.05) is 32.9 Å². The third kappa shape index (κ3) is 11.9. The normalized spacial score (nSPS) is 12.0. The molecule has 0 atom stereocenters. The highest BCUT2D eigenvalue weighted by Gasteiger charge is 2.26. The molecule has 0 bridgehead atoms. The summed E-state index contributed by atoms with van der Waals surface area (Å²) in [6.45, 7) is 0. The van der Waals surface area contributed by atoms with Crippen molar-refractivity contribution in [2.75, 3.05) is 0 Å². The van der Waals surface area contributed by atoms with E-state index in [0.717, 1.165) is 5.69 Å². The molecule has 0 N–H and O–H groups in total. The molecular formula is C132H80N2. The molecule has 29 rings (SSSR count). The Kier molecular flexibility index (Phi) is 16.9. The van der Waals surface area contributed by atoms with Crippen LogP contribution in [0, 0.1) is 0 Å². The van der Waals surface area contributed by atoms with Crippen LogP contribution < -0.4 is 0 Å². The largest absolute Gasteiger partial charge is 0.309 e. The fraction of sp³-hybridized carbons (Fsp3) is 0. The van der Waals surface area contributed by atoms with Crippen molar-refractivity contribution < 1.29 is 0 Å². The molecule has 0 aliphatic rings. The second-order valence-corrected chi connectivity index (χ2v) is 36.4. The summed E-state index contributed by atoms with van der Waals surface area (Å²) >= 11 is 0. The maximum absolute atomic E-state index is 2.47. The van der Waals surface area contributed by atoms with Gasteiger partial charge >= 0.3 is 0 Å². The lowest BCUT2D eigenvalue weighted by atomic mass is 9.83. The van der Waals surface area contributed by atoms with Crippen molar-refractivity contribution >= 4 is 205 Å². The van der Waals surface area contributed by atoms with Crippen LogP contribution in [0.4, 0.5) is 0 Å². The van der Waals surface area contributed by atoms with Crippen LogP contribution in [0.3, 0.4) is 0 Å². The number of nitrogens with zero attached hydrogens (tertiary/aromatic N) is 2. The van der Waals surface area contributed by atoms with Crippen molar-refractivity contribution in [3.8, 4) is 78.1 Å². The van der Waals surface area contributed by atoms with E-state index >= 15 is 0 Å². The van der Waals surface area contributed by atoms with Gasteiger partial charge in [0.15, 0.2) is 0 Å². The van der Waals surface area contributed by atoms with E-state index in [-0.39, 0.29) is 0 Å². The Morgan fingerprint density at radius 2 is 0.336 bits per heavy atom. The third-order valence-corrected chi connectivity index (χ3v) is 29.1. The minimum atomic E-state index is 1.16. The first-order chi connectivity index (χ1) is 66.4. The first-order valence-electron chi connectivity index (χ1n) is 46.6.